The van der Waals surface area contributed by atoms with E-state index in [-0.39, 0.29) is 41.6 Å². The summed E-state index contributed by atoms with van der Waals surface area (Å²) in [5.41, 5.74) is 0.955. The normalized spacial score (nSPS) is 30.9. The van der Waals surface area contributed by atoms with Gasteiger partial charge in [-0.2, -0.15) is 0 Å². The van der Waals surface area contributed by atoms with Crippen LogP contribution in [0, 0.1) is 11.7 Å². The largest absolute Gasteiger partial charge is 0.342 e. The highest BCUT2D eigenvalue weighted by Crippen LogP contribution is 2.37. The minimum Gasteiger partial charge on any atom is -0.342 e. The van der Waals surface area contributed by atoms with E-state index in [1.165, 1.54) is 6.07 Å². The maximum Gasteiger partial charge on any atom is 0.228 e. The van der Waals surface area contributed by atoms with Crippen molar-refractivity contribution in [2.45, 2.75) is 57.0 Å². The number of hydrogen-bond donors (Lipinski definition) is 1. The molecule has 3 fully saturated rings. The molecule has 0 spiro atoms. The van der Waals surface area contributed by atoms with Gasteiger partial charge >= 0.3 is 0 Å². The summed E-state index contributed by atoms with van der Waals surface area (Å²) in [5, 5.41) is 3.66. The van der Waals surface area contributed by atoms with Gasteiger partial charge in [0.1, 0.15) is 5.82 Å². The second kappa shape index (κ2) is 8.19. The second-order valence-corrected chi connectivity index (χ2v) is 8.38. The molecule has 28 heavy (non-hydrogen) atoms. The zero-order chi connectivity index (χ0) is 19.7. The van der Waals surface area contributed by atoms with Crippen LogP contribution in [0.1, 0.15) is 50.5 Å². The van der Waals surface area contributed by atoms with E-state index in [0.29, 0.717) is 26.1 Å². The van der Waals surface area contributed by atoms with E-state index in [2.05, 4.69) is 5.32 Å². The van der Waals surface area contributed by atoms with E-state index >= 15 is 0 Å². The maximum atomic E-state index is 13.9. The fourth-order valence-corrected chi connectivity index (χ4v) is 5.24. The van der Waals surface area contributed by atoms with Gasteiger partial charge in [-0.05, 0) is 44.0 Å². The molecule has 4 atom stereocenters. The Bertz CT molecular complexity index is 740. The Hall–Kier alpha value is -1.95. The van der Waals surface area contributed by atoms with Gasteiger partial charge in [-0.25, -0.2) is 4.39 Å². The Morgan fingerprint density at radius 1 is 1.25 bits per heavy atom. The number of benzene rings is 1. The van der Waals surface area contributed by atoms with Gasteiger partial charge in [-0.3, -0.25) is 9.59 Å². The molecule has 0 bridgehead atoms. The molecule has 2 amide bonds. The first-order valence-corrected chi connectivity index (χ1v) is 10.7. The SMILES string of the molecule is CCN1CC(C(=O)N2C[C@@H](c3cccc(F)c3)[C@@H]3NCCCCC[C@H]32)CC1=O. The standard InChI is InChI=1S/C22H30FN3O2/c1-2-25-13-16(12-20(25)27)22(28)26-14-18(15-7-6-8-17(23)11-15)21-19(26)9-4-3-5-10-24-21/h6-8,11,16,18-19,21,24H,2-5,9-10,12-14H2,1H3/t16?,18-,19+,21-/m0/s1. The molecule has 0 aromatic heterocycles. The summed E-state index contributed by atoms with van der Waals surface area (Å²) in [6, 6.07) is 7.05. The van der Waals surface area contributed by atoms with E-state index in [0.717, 1.165) is 37.8 Å². The number of nitrogens with zero attached hydrogens (tertiary/aromatic N) is 2. The molecule has 1 unspecified atom stereocenters. The van der Waals surface area contributed by atoms with Crippen LogP contribution in [0.3, 0.4) is 0 Å². The fourth-order valence-electron chi connectivity index (χ4n) is 5.24. The predicted molar refractivity (Wildman–Crippen MR) is 105 cm³/mol. The van der Waals surface area contributed by atoms with Crippen LogP contribution < -0.4 is 5.32 Å². The van der Waals surface area contributed by atoms with Crippen LogP contribution in [0.2, 0.25) is 0 Å². The molecule has 5 nitrogen and oxygen atoms in total. The number of carbonyl (C=O) groups excluding carboxylic acids is 2. The summed E-state index contributed by atoms with van der Waals surface area (Å²) >= 11 is 0. The number of carbonyl (C=O) groups is 2. The molecule has 1 aromatic carbocycles. The number of fused-ring (bicyclic) bond motifs is 1. The molecular weight excluding hydrogens is 357 g/mol. The molecule has 1 aromatic rings. The van der Waals surface area contributed by atoms with Crippen molar-refractivity contribution < 1.29 is 14.0 Å². The quantitative estimate of drug-likeness (QED) is 0.867. The monoisotopic (exact) mass is 387 g/mol. The zero-order valence-corrected chi connectivity index (χ0v) is 16.6. The maximum absolute atomic E-state index is 13.9. The van der Waals surface area contributed by atoms with Gasteiger partial charge in [0.2, 0.25) is 11.8 Å². The average Bonchev–Trinajstić information content (AvgIpc) is 3.21. The van der Waals surface area contributed by atoms with Crippen LogP contribution >= 0.6 is 0 Å². The van der Waals surface area contributed by atoms with Crippen molar-refractivity contribution in [1.82, 2.24) is 15.1 Å². The van der Waals surface area contributed by atoms with E-state index in [4.69, 9.17) is 0 Å². The Labute approximate surface area is 166 Å². The summed E-state index contributed by atoms with van der Waals surface area (Å²) in [6.07, 6.45) is 4.68. The molecule has 1 N–H and O–H groups in total. The van der Waals surface area contributed by atoms with Gasteiger partial charge in [-0.15, -0.1) is 0 Å². The molecule has 3 heterocycles. The Morgan fingerprint density at radius 2 is 2.11 bits per heavy atom. The lowest BCUT2D eigenvalue weighted by molar-refractivity contribution is -0.137. The summed E-state index contributed by atoms with van der Waals surface area (Å²) in [5.74, 6) is -0.216. The minimum atomic E-state index is -0.246. The molecule has 0 aliphatic carbocycles. The van der Waals surface area contributed by atoms with Gasteiger partial charge in [0.05, 0.1) is 5.92 Å². The van der Waals surface area contributed by atoms with Crippen LogP contribution in [-0.4, -0.2) is 59.9 Å². The first-order valence-electron chi connectivity index (χ1n) is 10.7. The van der Waals surface area contributed by atoms with Crippen molar-refractivity contribution in [2.75, 3.05) is 26.2 Å². The van der Waals surface area contributed by atoms with E-state index in [1.807, 2.05) is 17.9 Å². The number of halogens is 1. The Kier molecular flexibility index (Phi) is 5.67. The third-order valence-corrected chi connectivity index (χ3v) is 6.70. The Balaban J connectivity index is 1.59. The van der Waals surface area contributed by atoms with Gasteiger partial charge in [0.25, 0.3) is 0 Å². The minimum absolute atomic E-state index is 0.0778. The van der Waals surface area contributed by atoms with E-state index < -0.39 is 0 Å². The van der Waals surface area contributed by atoms with Crippen molar-refractivity contribution in [1.29, 1.82) is 0 Å². The molecule has 152 valence electrons. The molecule has 0 saturated carbocycles. The summed E-state index contributed by atoms with van der Waals surface area (Å²) in [7, 11) is 0. The van der Waals surface area contributed by atoms with Crippen molar-refractivity contribution in [2.24, 2.45) is 5.92 Å². The second-order valence-electron chi connectivity index (χ2n) is 8.38. The van der Waals surface area contributed by atoms with Gasteiger partial charge in [-0.1, -0.05) is 25.0 Å². The summed E-state index contributed by atoms with van der Waals surface area (Å²) < 4.78 is 13.9. The topological polar surface area (TPSA) is 52.7 Å². The number of hydrogen-bond acceptors (Lipinski definition) is 3. The molecule has 3 aliphatic rings. The van der Waals surface area contributed by atoms with Crippen LogP contribution in [0.5, 0.6) is 0 Å². The smallest absolute Gasteiger partial charge is 0.228 e. The Morgan fingerprint density at radius 3 is 2.86 bits per heavy atom. The molecule has 4 rings (SSSR count). The highest BCUT2D eigenvalue weighted by Gasteiger charge is 2.47. The highest BCUT2D eigenvalue weighted by molar-refractivity contribution is 5.89. The lowest BCUT2D eigenvalue weighted by atomic mass is 9.88. The first kappa shape index (κ1) is 19.4. The van der Waals surface area contributed by atoms with Crippen molar-refractivity contribution in [3.05, 3.63) is 35.6 Å². The van der Waals surface area contributed by atoms with Crippen molar-refractivity contribution in [3.8, 4) is 0 Å². The van der Waals surface area contributed by atoms with E-state index in [9.17, 15) is 14.0 Å². The predicted octanol–water partition coefficient (Wildman–Crippen LogP) is 2.52. The lowest BCUT2D eigenvalue weighted by Gasteiger charge is -2.32. The van der Waals surface area contributed by atoms with Crippen LogP contribution in [-0.2, 0) is 9.59 Å². The molecule has 6 heteroatoms. The average molecular weight is 387 g/mol. The summed E-state index contributed by atoms with van der Waals surface area (Å²) in [6.45, 7) is 4.67. The van der Waals surface area contributed by atoms with Crippen LogP contribution in [0.4, 0.5) is 4.39 Å². The number of amides is 2. The van der Waals surface area contributed by atoms with Crippen molar-refractivity contribution >= 4 is 11.8 Å². The van der Waals surface area contributed by atoms with Crippen molar-refractivity contribution in [3.63, 3.8) is 0 Å². The first-order chi connectivity index (χ1) is 13.6. The third-order valence-electron chi connectivity index (χ3n) is 6.70. The molecule has 0 radical (unpaired) electrons. The summed E-state index contributed by atoms with van der Waals surface area (Å²) in [4.78, 5) is 29.3. The molecular formula is C22H30FN3O2. The number of rotatable bonds is 3. The van der Waals surface area contributed by atoms with Gasteiger partial charge < -0.3 is 15.1 Å². The van der Waals surface area contributed by atoms with Gasteiger partial charge in [0.15, 0.2) is 0 Å². The van der Waals surface area contributed by atoms with Crippen LogP contribution in [0.25, 0.3) is 0 Å². The highest BCUT2D eigenvalue weighted by atomic mass is 19.1. The number of likely N-dealkylation sites (tertiary alicyclic amines) is 2. The lowest BCUT2D eigenvalue weighted by Crippen LogP contribution is -2.48. The van der Waals surface area contributed by atoms with Crippen LogP contribution in [0.15, 0.2) is 24.3 Å². The third kappa shape index (κ3) is 3.66. The zero-order valence-electron chi connectivity index (χ0n) is 16.6. The molecule has 3 saturated heterocycles. The number of nitrogens with one attached hydrogen (secondary N) is 1. The van der Waals surface area contributed by atoms with Gasteiger partial charge in [0, 0.05) is 44.1 Å². The molecule has 3 aliphatic heterocycles. The van der Waals surface area contributed by atoms with E-state index in [1.54, 1.807) is 17.0 Å². The fraction of sp³-hybridized carbons (Fsp3) is 0.636.